The van der Waals surface area contributed by atoms with Gasteiger partial charge in [-0.2, -0.15) is 0 Å². The van der Waals surface area contributed by atoms with E-state index in [4.69, 9.17) is 5.73 Å². The Morgan fingerprint density at radius 3 is 2.47 bits per heavy atom. The molecule has 2 rings (SSSR count). The van der Waals surface area contributed by atoms with Crippen LogP contribution in [0.2, 0.25) is 0 Å². The van der Waals surface area contributed by atoms with Crippen molar-refractivity contribution in [3.05, 3.63) is 35.4 Å². The number of hydrogen-bond donors (Lipinski definition) is 2. The molecule has 1 aromatic rings. The number of nitrogens with two attached hydrogens (primary N) is 1. The molecule has 92 valence electrons. The number of benzene rings is 1. The van der Waals surface area contributed by atoms with Gasteiger partial charge in [0.15, 0.2) is 5.78 Å². The Labute approximate surface area is 102 Å². The molecule has 0 saturated carbocycles. The van der Waals surface area contributed by atoms with Crippen LogP contribution in [0.1, 0.15) is 48.7 Å². The molecule has 0 spiro atoms. The first-order chi connectivity index (χ1) is 8.08. The fourth-order valence-corrected chi connectivity index (χ4v) is 2.35. The molecule has 3 unspecified atom stereocenters. The highest BCUT2D eigenvalue weighted by Gasteiger charge is 2.24. The van der Waals surface area contributed by atoms with Crippen LogP contribution in [0.15, 0.2) is 24.3 Å². The predicted octanol–water partition coefficient (Wildman–Crippen LogP) is 2.03. The van der Waals surface area contributed by atoms with Crippen molar-refractivity contribution < 1.29 is 4.79 Å². The largest absolute Gasteiger partial charge is 0.326 e. The van der Waals surface area contributed by atoms with E-state index in [2.05, 4.69) is 12.2 Å². The van der Waals surface area contributed by atoms with Crippen molar-refractivity contribution in [3.63, 3.8) is 0 Å². The zero-order valence-electron chi connectivity index (χ0n) is 10.4. The SMILES string of the molecule is CC(=O)c1ccc(C2CCC(N)C(C)N2)cc1. The monoisotopic (exact) mass is 232 g/mol. The topological polar surface area (TPSA) is 55.1 Å². The molecule has 0 amide bonds. The van der Waals surface area contributed by atoms with Gasteiger partial charge in [-0.25, -0.2) is 0 Å². The highest BCUT2D eigenvalue weighted by atomic mass is 16.1. The van der Waals surface area contributed by atoms with Crippen molar-refractivity contribution in [1.82, 2.24) is 5.32 Å². The van der Waals surface area contributed by atoms with E-state index in [0.717, 1.165) is 18.4 Å². The first-order valence-corrected chi connectivity index (χ1v) is 6.20. The quantitative estimate of drug-likeness (QED) is 0.767. The van der Waals surface area contributed by atoms with Gasteiger partial charge in [0.2, 0.25) is 0 Å². The second kappa shape index (κ2) is 4.98. The average molecular weight is 232 g/mol. The van der Waals surface area contributed by atoms with E-state index in [1.165, 1.54) is 5.56 Å². The van der Waals surface area contributed by atoms with Crippen LogP contribution in [0.25, 0.3) is 0 Å². The summed E-state index contributed by atoms with van der Waals surface area (Å²) in [5.41, 5.74) is 7.99. The molecule has 0 bridgehead atoms. The highest BCUT2D eigenvalue weighted by molar-refractivity contribution is 5.94. The molecule has 1 aromatic carbocycles. The van der Waals surface area contributed by atoms with Gasteiger partial charge in [0.05, 0.1) is 0 Å². The van der Waals surface area contributed by atoms with E-state index in [9.17, 15) is 4.79 Å². The Balaban J connectivity index is 2.10. The molecule has 1 fully saturated rings. The summed E-state index contributed by atoms with van der Waals surface area (Å²) in [6.07, 6.45) is 2.11. The second-order valence-corrected chi connectivity index (χ2v) is 4.93. The van der Waals surface area contributed by atoms with Gasteiger partial charge in [0.1, 0.15) is 0 Å². The Kier molecular flexibility index (Phi) is 3.60. The van der Waals surface area contributed by atoms with Crippen molar-refractivity contribution in [1.29, 1.82) is 0 Å². The number of Topliss-reactive ketones (excluding diaryl/α,β-unsaturated/α-hetero) is 1. The van der Waals surface area contributed by atoms with Gasteiger partial charge in [-0.1, -0.05) is 24.3 Å². The van der Waals surface area contributed by atoms with Crippen LogP contribution in [-0.2, 0) is 0 Å². The molecule has 1 aliphatic rings. The Morgan fingerprint density at radius 1 is 1.29 bits per heavy atom. The van der Waals surface area contributed by atoms with E-state index in [0.29, 0.717) is 12.1 Å². The predicted molar refractivity (Wildman–Crippen MR) is 69.0 cm³/mol. The molecule has 1 heterocycles. The van der Waals surface area contributed by atoms with E-state index in [-0.39, 0.29) is 11.8 Å². The van der Waals surface area contributed by atoms with Crippen LogP contribution in [0.5, 0.6) is 0 Å². The molecule has 1 aliphatic heterocycles. The highest BCUT2D eigenvalue weighted by Crippen LogP contribution is 2.25. The molecule has 0 aromatic heterocycles. The molecule has 0 aliphatic carbocycles. The van der Waals surface area contributed by atoms with Crippen LogP contribution in [0, 0.1) is 0 Å². The Hall–Kier alpha value is -1.19. The maximum atomic E-state index is 11.2. The van der Waals surface area contributed by atoms with Gasteiger partial charge >= 0.3 is 0 Å². The van der Waals surface area contributed by atoms with Crippen LogP contribution in [-0.4, -0.2) is 17.9 Å². The average Bonchev–Trinajstić information content (AvgIpc) is 2.33. The van der Waals surface area contributed by atoms with Crippen molar-refractivity contribution in [2.24, 2.45) is 5.73 Å². The first kappa shape index (κ1) is 12.3. The fourth-order valence-electron chi connectivity index (χ4n) is 2.35. The standard InChI is InChI=1S/C14H20N2O/c1-9-13(15)7-8-14(16-9)12-5-3-11(4-6-12)10(2)17/h3-6,9,13-14,16H,7-8,15H2,1-2H3. The lowest BCUT2D eigenvalue weighted by Gasteiger charge is -2.33. The first-order valence-electron chi connectivity index (χ1n) is 6.20. The van der Waals surface area contributed by atoms with Gasteiger partial charge in [-0.3, -0.25) is 4.79 Å². The number of carbonyl (C=O) groups is 1. The summed E-state index contributed by atoms with van der Waals surface area (Å²) in [5, 5.41) is 3.52. The number of piperidine rings is 1. The van der Waals surface area contributed by atoms with Crippen LogP contribution in [0.4, 0.5) is 0 Å². The summed E-state index contributed by atoms with van der Waals surface area (Å²) >= 11 is 0. The summed E-state index contributed by atoms with van der Waals surface area (Å²) in [5.74, 6) is 0.114. The third-order valence-corrected chi connectivity index (χ3v) is 3.61. The number of rotatable bonds is 2. The van der Waals surface area contributed by atoms with Crippen molar-refractivity contribution >= 4 is 5.78 Å². The van der Waals surface area contributed by atoms with Gasteiger partial charge in [-0.15, -0.1) is 0 Å². The number of hydrogen-bond acceptors (Lipinski definition) is 3. The fraction of sp³-hybridized carbons (Fsp3) is 0.500. The summed E-state index contributed by atoms with van der Waals surface area (Å²) in [7, 11) is 0. The summed E-state index contributed by atoms with van der Waals surface area (Å²) in [6, 6.07) is 8.85. The van der Waals surface area contributed by atoms with E-state index < -0.39 is 0 Å². The van der Waals surface area contributed by atoms with Crippen molar-refractivity contribution in [3.8, 4) is 0 Å². The normalized spacial score (nSPS) is 29.0. The number of ketones is 1. The van der Waals surface area contributed by atoms with E-state index in [1.807, 2.05) is 24.3 Å². The maximum absolute atomic E-state index is 11.2. The van der Waals surface area contributed by atoms with Gasteiger partial charge in [0.25, 0.3) is 0 Å². The molecule has 3 N–H and O–H groups in total. The third kappa shape index (κ3) is 2.73. The van der Waals surface area contributed by atoms with Gasteiger partial charge in [0, 0.05) is 23.7 Å². The Morgan fingerprint density at radius 2 is 1.94 bits per heavy atom. The van der Waals surface area contributed by atoms with Crippen LogP contribution >= 0.6 is 0 Å². The minimum atomic E-state index is 0.114. The number of nitrogens with one attached hydrogen (secondary N) is 1. The molecule has 17 heavy (non-hydrogen) atoms. The molecule has 0 radical (unpaired) electrons. The van der Waals surface area contributed by atoms with Crippen molar-refractivity contribution in [2.75, 3.05) is 0 Å². The maximum Gasteiger partial charge on any atom is 0.159 e. The molecule has 3 atom stereocenters. The van der Waals surface area contributed by atoms with E-state index >= 15 is 0 Å². The van der Waals surface area contributed by atoms with Crippen LogP contribution in [0.3, 0.4) is 0 Å². The molecular formula is C14H20N2O. The summed E-state index contributed by atoms with van der Waals surface area (Å²) in [6.45, 7) is 3.72. The summed E-state index contributed by atoms with van der Waals surface area (Å²) in [4.78, 5) is 11.2. The lowest BCUT2D eigenvalue weighted by atomic mass is 9.90. The summed E-state index contributed by atoms with van der Waals surface area (Å²) < 4.78 is 0. The van der Waals surface area contributed by atoms with Crippen LogP contribution < -0.4 is 11.1 Å². The zero-order valence-corrected chi connectivity index (χ0v) is 10.4. The number of carbonyl (C=O) groups excluding carboxylic acids is 1. The van der Waals surface area contributed by atoms with E-state index in [1.54, 1.807) is 6.92 Å². The zero-order chi connectivity index (χ0) is 12.4. The smallest absolute Gasteiger partial charge is 0.159 e. The minimum Gasteiger partial charge on any atom is -0.326 e. The molecule has 1 saturated heterocycles. The lowest BCUT2D eigenvalue weighted by molar-refractivity contribution is 0.101. The van der Waals surface area contributed by atoms with Crippen molar-refractivity contribution in [2.45, 2.75) is 44.8 Å². The second-order valence-electron chi connectivity index (χ2n) is 4.93. The van der Waals surface area contributed by atoms with Gasteiger partial charge in [-0.05, 0) is 32.3 Å². The Bertz CT molecular complexity index is 399. The molecular weight excluding hydrogens is 212 g/mol. The molecule has 3 heteroatoms. The molecule has 3 nitrogen and oxygen atoms in total. The lowest BCUT2D eigenvalue weighted by Crippen LogP contribution is -2.48. The van der Waals surface area contributed by atoms with Gasteiger partial charge < -0.3 is 11.1 Å². The third-order valence-electron chi connectivity index (χ3n) is 3.61. The minimum absolute atomic E-state index is 0.114.